The Morgan fingerprint density at radius 1 is 1.33 bits per heavy atom. The Hall–Kier alpha value is -1.32. The molecule has 0 aliphatic carbocycles. The van der Waals surface area contributed by atoms with E-state index in [1.807, 2.05) is 48.4 Å². The Morgan fingerprint density at radius 3 is 2.85 bits per heavy atom. The molecule has 146 valence electrons. The van der Waals surface area contributed by atoms with Gasteiger partial charge in [0.1, 0.15) is 0 Å². The van der Waals surface area contributed by atoms with Crippen LogP contribution in [-0.4, -0.2) is 54.0 Å². The van der Waals surface area contributed by atoms with E-state index in [9.17, 15) is 0 Å². The number of likely N-dealkylation sites (tertiary alicyclic amines) is 1. The third kappa shape index (κ3) is 4.57. The number of nitrogens with one attached hydrogen (secondary N) is 1. The van der Waals surface area contributed by atoms with Gasteiger partial charge in [0.15, 0.2) is 5.96 Å². The Kier molecular flexibility index (Phi) is 6.65. The normalized spacial score (nSPS) is 22.3. The molecule has 1 atom stereocenters. The highest BCUT2D eigenvalue weighted by atomic mass is 127. The minimum Gasteiger partial charge on any atom is -0.381 e. The van der Waals surface area contributed by atoms with E-state index in [-0.39, 0.29) is 24.0 Å². The number of halogens is 2. The van der Waals surface area contributed by atoms with Crippen molar-refractivity contribution in [3.63, 3.8) is 0 Å². The maximum absolute atomic E-state index is 5.95. The fourth-order valence-corrected chi connectivity index (χ4v) is 3.91. The van der Waals surface area contributed by atoms with Gasteiger partial charge in [-0.1, -0.05) is 11.6 Å². The van der Waals surface area contributed by atoms with Crippen LogP contribution >= 0.6 is 35.6 Å². The van der Waals surface area contributed by atoms with Crippen LogP contribution in [0.3, 0.4) is 0 Å². The molecule has 0 saturated carbocycles. The Bertz CT molecular complexity index is 786. The van der Waals surface area contributed by atoms with Crippen LogP contribution in [0.25, 0.3) is 5.69 Å². The number of benzene rings is 1. The minimum absolute atomic E-state index is 0. The highest BCUT2D eigenvalue weighted by molar-refractivity contribution is 14.0. The van der Waals surface area contributed by atoms with Crippen molar-refractivity contribution in [2.75, 3.05) is 33.4 Å². The van der Waals surface area contributed by atoms with Crippen molar-refractivity contribution in [1.82, 2.24) is 20.0 Å². The van der Waals surface area contributed by atoms with Gasteiger partial charge in [0, 0.05) is 55.5 Å². The number of ether oxygens (including phenoxy) is 1. The number of hydrogen-bond donors (Lipinski definition) is 1. The standard InChI is InChI=1S/C19H24ClN5O.HI/c1-21-18(24-8-6-19(13-24)7-9-26-14-19)22-10-15-11-23-25(12-15)17-4-2-16(20)3-5-17;/h2-5,11-12H,6-10,13-14H2,1H3,(H,21,22);1H. The molecule has 1 aromatic heterocycles. The van der Waals surface area contributed by atoms with Gasteiger partial charge < -0.3 is 15.0 Å². The van der Waals surface area contributed by atoms with Gasteiger partial charge in [-0.2, -0.15) is 5.10 Å². The molecule has 2 aromatic rings. The van der Waals surface area contributed by atoms with Gasteiger partial charge in [-0.15, -0.1) is 24.0 Å². The van der Waals surface area contributed by atoms with E-state index in [1.165, 1.54) is 6.42 Å². The Morgan fingerprint density at radius 2 is 2.15 bits per heavy atom. The quantitative estimate of drug-likeness (QED) is 0.398. The fraction of sp³-hybridized carbons (Fsp3) is 0.474. The summed E-state index contributed by atoms with van der Waals surface area (Å²) in [6, 6.07) is 7.65. The van der Waals surface area contributed by atoms with Crippen molar-refractivity contribution in [1.29, 1.82) is 0 Å². The minimum atomic E-state index is 0. The summed E-state index contributed by atoms with van der Waals surface area (Å²) in [5.74, 6) is 0.952. The summed E-state index contributed by atoms with van der Waals surface area (Å²) in [6.45, 7) is 4.53. The maximum Gasteiger partial charge on any atom is 0.193 e. The topological polar surface area (TPSA) is 54.7 Å². The van der Waals surface area contributed by atoms with Crippen LogP contribution in [0.5, 0.6) is 0 Å². The molecule has 1 N–H and O–H groups in total. The average molecular weight is 502 g/mol. The summed E-state index contributed by atoms with van der Waals surface area (Å²) < 4.78 is 7.48. The Labute approximate surface area is 181 Å². The zero-order chi connectivity index (χ0) is 18.0. The van der Waals surface area contributed by atoms with Gasteiger partial charge >= 0.3 is 0 Å². The first-order valence-electron chi connectivity index (χ1n) is 9.00. The number of aliphatic imine (C=N–C) groups is 1. The molecule has 0 radical (unpaired) electrons. The molecule has 2 aliphatic heterocycles. The molecule has 1 aromatic carbocycles. The van der Waals surface area contributed by atoms with Crippen LogP contribution in [0.1, 0.15) is 18.4 Å². The summed E-state index contributed by atoms with van der Waals surface area (Å²) in [5, 5.41) is 8.63. The molecule has 2 aliphatic rings. The highest BCUT2D eigenvalue weighted by Crippen LogP contribution is 2.38. The SMILES string of the molecule is CN=C(NCc1cnn(-c2ccc(Cl)cc2)c1)N1CCC2(CCOC2)C1.I. The van der Waals surface area contributed by atoms with E-state index in [1.54, 1.807) is 0 Å². The third-order valence-electron chi connectivity index (χ3n) is 5.31. The van der Waals surface area contributed by atoms with E-state index in [2.05, 4.69) is 20.3 Å². The molecule has 0 amide bonds. The van der Waals surface area contributed by atoms with Crippen LogP contribution < -0.4 is 5.32 Å². The lowest BCUT2D eigenvalue weighted by atomic mass is 9.87. The molecular weight excluding hydrogens is 477 g/mol. The second-order valence-electron chi connectivity index (χ2n) is 7.14. The summed E-state index contributed by atoms with van der Waals surface area (Å²) >= 11 is 5.95. The summed E-state index contributed by atoms with van der Waals surface area (Å²) in [6.07, 6.45) is 6.25. The molecule has 4 rings (SSSR count). The van der Waals surface area contributed by atoms with Crippen molar-refractivity contribution < 1.29 is 4.74 Å². The van der Waals surface area contributed by atoms with Gasteiger partial charge in [-0.3, -0.25) is 4.99 Å². The number of nitrogens with zero attached hydrogens (tertiary/aromatic N) is 4. The van der Waals surface area contributed by atoms with Crippen LogP contribution in [0.2, 0.25) is 5.02 Å². The van der Waals surface area contributed by atoms with Crippen molar-refractivity contribution in [3.8, 4) is 5.69 Å². The first kappa shape index (κ1) is 20.4. The zero-order valence-corrected chi connectivity index (χ0v) is 18.5. The van der Waals surface area contributed by atoms with E-state index in [4.69, 9.17) is 16.3 Å². The van der Waals surface area contributed by atoms with E-state index in [0.717, 1.165) is 55.0 Å². The fourth-order valence-electron chi connectivity index (χ4n) is 3.79. The lowest BCUT2D eigenvalue weighted by Gasteiger charge is -2.24. The molecule has 1 spiro atoms. The lowest BCUT2D eigenvalue weighted by molar-refractivity contribution is 0.156. The van der Waals surface area contributed by atoms with E-state index in [0.29, 0.717) is 12.0 Å². The highest BCUT2D eigenvalue weighted by Gasteiger charge is 2.42. The van der Waals surface area contributed by atoms with Gasteiger partial charge in [0.25, 0.3) is 0 Å². The first-order chi connectivity index (χ1) is 12.7. The molecule has 3 heterocycles. The lowest BCUT2D eigenvalue weighted by Crippen LogP contribution is -2.41. The third-order valence-corrected chi connectivity index (χ3v) is 5.56. The molecular formula is C19H25ClIN5O. The van der Waals surface area contributed by atoms with Gasteiger partial charge in [0.2, 0.25) is 0 Å². The van der Waals surface area contributed by atoms with Gasteiger partial charge in [-0.25, -0.2) is 4.68 Å². The number of guanidine groups is 1. The monoisotopic (exact) mass is 501 g/mol. The van der Waals surface area contributed by atoms with Crippen molar-refractivity contribution in [2.24, 2.45) is 10.4 Å². The number of rotatable bonds is 3. The smallest absolute Gasteiger partial charge is 0.193 e. The average Bonchev–Trinajstić information content (AvgIpc) is 3.39. The number of aromatic nitrogens is 2. The molecule has 6 nitrogen and oxygen atoms in total. The summed E-state index contributed by atoms with van der Waals surface area (Å²) in [5.41, 5.74) is 2.43. The maximum atomic E-state index is 5.95. The molecule has 2 saturated heterocycles. The predicted octanol–water partition coefficient (Wildman–Crippen LogP) is 3.33. The molecule has 2 fully saturated rings. The van der Waals surface area contributed by atoms with E-state index < -0.39 is 0 Å². The van der Waals surface area contributed by atoms with Crippen molar-refractivity contribution in [2.45, 2.75) is 19.4 Å². The van der Waals surface area contributed by atoms with Crippen molar-refractivity contribution >= 4 is 41.5 Å². The Balaban J connectivity index is 0.00000210. The molecule has 8 heteroatoms. The second kappa shape index (κ2) is 8.79. The second-order valence-corrected chi connectivity index (χ2v) is 7.58. The zero-order valence-electron chi connectivity index (χ0n) is 15.4. The summed E-state index contributed by atoms with van der Waals surface area (Å²) in [4.78, 5) is 6.81. The summed E-state index contributed by atoms with van der Waals surface area (Å²) in [7, 11) is 1.84. The molecule has 1 unspecified atom stereocenters. The van der Waals surface area contributed by atoms with Gasteiger partial charge in [0.05, 0.1) is 18.5 Å². The predicted molar refractivity (Wildman–Crippen MR) is 118 cm³/mol. The van der Waals surface area contributed by atoms with E-state index >= 15 is 0 Å². The van der Waals surface area contributed by atoms with Crippen LogP contribution in [0.4, 0.5) is 0 Å². The van der Waals surface area contributed by atoms with Crippen LogP contribution in [0, 0.1) is 5.41 Å². The molecule has 0 bridgehead atoms. The molecule has 27 heavy (non-hydrogen) atoms. The number of hydrogen-bond acceptors (Lipinski definition) is 3. The van der Waals surface area contributed by atoms with Gasteiger partial charge in [-0.05, 0) is 37.1 Å². The van der Waals surface area contributed by atoms with Crippen LogP contribution in [0.15, 0.2) is 41.7 Å². The van der Waals surface area contributed by atoms with Crippen molar-refractivity contribution in [3.05, 3.63) is 47.2 Å². The first-order valence-corrected chi connectivity index (χ1v) is 9.38. The van der Waals surface area contributed by atoms with Crippen LogP contribution in [-0.2, 0) is 11.3 Å². The largest absolute Gasteiger partial charge is 0.381 e.